The average molecular weight is 424 g/mol. The molecule has 0 aliphatic rings. The first-order valence-electron chi connectivity index (χ1n) is 6.01. The third-order valence-electron chi connectivity index (χ3n) is 3.15. The molecule has 0 radical (unpaired) electrons. The van der Waals surface area contributed by atoms with Crippen LogP contribution in [0.25, 0.3) is 0 Å². The number of hydrogen-bond donors (Lipinski definition) is 1. The molecule has 20 heavy (non-hydrogen) atoms. The van der Waals surface area contributed by atoms with Gasteiger partial charge in [-0.3, -0.25) is 0 Å². The Morgan fingerprint density at radius 1 is 1.15 bits per heavy atom. The van der Waals surface area contributed by atoms with Crippen LogP contribution in [0.5, 0.6) is 0 Å². The minimum absolute atomic E-state index is 0.132. The van der Waals surface area contributed by atoms with Crippen LogP contribution >= 0.6 is 45.8 Å². The molecule has 2 aromatic rings. The molecule has 0 saturated heterocycles. The second kappa shape index (κ2) is 6.60. The Labute approximate surface area is 141 Å². The SMILES string of the molecule is CNC(c1cc(C)c(F)cc1Cl)c1cc(Cl)ccc1I. The van der Waals surface area contributed by atoms with E-state index in [1.165, 1.54) is 6.07 Å². The number of benzene rings is 2. The number of hydrogen-bond acceptors (Lipinski definition) is 1. The summed E-state index contributed by atoms with van der Waals surface area (Å²) in [5.74, 6) is -0.297. The maximum atomic E-state index is 13.5. The molecule has 0 spiro atoms. The molecule has 1 N–H and O–H groups in total. The maximum Gasteiger partial charge on any atom is 0.127 e. The molecule has 0 amide bonds. The van der Waals surface area contributed by atoms with Gasteiger partial charge in [0.05, 0.1) is 6.04 Å². The lowest BCUT2D eigenvalue weighted by Crippen LogP contribution is -2.19. The lowest BCUT2D eigenvalue weighted by Gasteiger charge is -2.21. The average Bonchev–Trinajstić information content (AvgIpc) is 2.40. The van der Waals surface area contributed by atoms with E-state index < -0.39 is 0 Å². The molecule has 106 valence electrons. The van der Waals surface area contributed by atoms with Crippen LogP contribution in [0.4, 0.5) is 4.39 Å². The van der Waals surface area contributed by atoms with Crippen LogP contribution in [0, 0.1) is 16.3 Å². The van der Waals surface area contributed by atoms with Crippen molar-refractivity contribution < 1.29 is 4.39 Å². The van der Waals surface area contributed by atoms with Crippen LogP contribution in [0.2, 0.25) is 10.0 Å². The van der Waals surface area contributed by atoms with Crippen LogP contribution < -0.4 is 5.32 Å². The molecule has 0 aliphatic heterocycles. The Balaban J connectivity index is 2.58. The van der Waals surface area contributed by atoms with E-state index in [1.807, 2.05) is 25.2 Å². The van der Waals surface area contributed by atoms with E-state index in [1.54, 1.807) is 13.0 Å². The number of rotatable bonds is 3. The van der Waals surface area contributed by atoms with Gasteiger partial charge in [-0.05, 0) is 83.6 Å². The highest BCUT2D eigenvalue weighted by molar-refractivity contribution is 14.1. The van der Waals surface area contributed by atoms with Gasteiger partial charge in [0.25, 0.3) is 0 Å². The molecule has 1 nitrogen and oxygen atoms in total. The van der Waals surface area contributed by atoms with Gasteiger partial charge >= 0.3 is 0 Å². The standard InChI is InChI=1S/C15H13Cl2FIN/c1-8-5-10(12(17)7-13(8)18)15(20-2)11-6-9(16)3-4-14(11)19/h3-7,15,20H,1-2H3. The topological polar surface area (TPSA) is 12.0 Å². The third-order valence-corrected chi connectivity index (χ3v) is 4.69. The number of aryl methyl sites for hydroxylation is 1. The predicted molar refractivity (Wildman–Crippen MR) is 91.2 cm³/mol. The molecule has 0 aliphatic carbocycles. The van der Waals surface area contributed by atoms with E-state index in [0.29, 0.717) is 15.6 Å². The predicted octanol–water partition coefficient (Wildman–Crippen LogP) is 5.35. The van der Waals surface area contributed by atoms with E-state index in [0.717, 1.165) is 14.7 Å². The smallest absolute Gasteiger partial charge is 0.127 e. The van der Waals surface area contributed by atoms with Crippen molar-refractivity contribution >= 4 is 45.8 Å². The minimum atomic E-state index is -0.297. The largest absolute Gasteiger partial charge is 0.309 e. The second-order valence-electron chi connectivity index (χ2n) is 4.51. The Morgan fingerprint density at radius 3 is 2.50 bits per heavy atom. The monoisotopic (exact) mass is 423 g/mol. The Kier molecular flexibility index (Phi) is 5.29. The summed E-state index contributed by atoms with van der Waals surface area (Å²) in [5, 5.41) is 4.29. The molecule has 0 heterocycles. The van der Waals surface area contributed by atoms with Gasteiger partial charge in [0.1, 0.15) is 5.82 Å². The molecule has 5 heteroatoms. The molecule has 0 fully saturated rings. The van der Waals surface area contributed by atoms with Crippen molar-refractivity contribution in [3.05, 3.63) is 66.5 Å². The van der Waals surface area contributed by atoms with Gasteiger partial charge in [0.15, 0.2) is 0 Å². The van der Waals surface area contributed by atoms with Crippen LogP contribution in [-0.2, 0) is 0 Å². The summed E-state index contributed by atoms with van der Waals surface area (Å²) in [5.41, 5.74) is 2.43. The molecule has 1 unspecified atom stereocenters. The van der Waals surface area contributed by atoms with E-state index in [2.05, 4.69) is 27.9 Å². The lowest BCUT2D eigenvalue weighted by molar-refractivity contribution is 0.614. The van der Waals surface area contributed by atoms with Crippen molar-refractivity contribution in [1.82, 2.24) is 5.32 Å². The Bertz CT molecular complexity index is 646. The van der Waals surface area contributed by atoms with Gasteiger partial charge in [-0.1, -0.05) is 23.2 Å². The highest BCUT2D eigenvalue weighted by Crippen LogP contribution is 2.33. The molecule has 0 saturated carbocycles. The molecule has 1 atom stereocenters. The minimum Gasteiger partial charge on any atom is -0.309 e. The first kappa shape index (κ1) is 16.0. The highest BCUT2D eigenvalue weighted by atomic mass is 127. The van der Waals surface area contributed by atoms with E-state index in [4.69, 9.17) is 23.2 Å². The number of nitrogens with one attached hydrogen (secondary N) is 1. The highest BCUT2D eigenvalue weighted by Gasteiger charge is 2.19. The first-order valence-corrected chi connectivity index (χ1v) is 7.85. The fourth-order valence-electron chi connectivity index (χ4n) is 2.12. The second-order valence-corrected chi connectivity index (χ2v) is 6.52. The van der Waals surface area contributed by atoms with Gasteiger partial charge in [-0.2, -0.15) is 0 Å². The van der Waals surface area contributed by atoms with Gasteiger partial charge in [-0.15, -0.1) is 0 Å². The van der Waals surface area contributed by atoms with Crippen LogP contribution in [0.15, 0.2) is 30.3 Å². The third kappa shape index (κ3) is 3.27. The van der Waals surface area contributed by atoms with Crippen LogP contribution in [0.1, 0.15) is 22.7 Å². The zero-order valence-corrected chi connectivity index (χ0v) is 14.6. The Hall–Kier alpha value is -0.360. The van der Waals surface area contributed by atoms with Gasteiger partial charge in [-0.25, -0.2) is 4.39 Å². The molecule has 0 aromatic heterocycles. The van der Waals surface area contributed by atoms with E-state index >= 15 is 0 Å². The quantitative estimate of drug-likeness (QED) is 0.655. The maximum absolute atomic E-state index is 13.5. The van der Waals surface area contributed by atoms with Crippen LogP contribution in [-0.4, -0.2) is 7.05 Å². The number of halogens is 4. The van der Waals surface area contributed by atoms with Crippen LogP contribution in [0.3, 0.4) is 0 Å². The van der Waals surface area contributed by atoms with Crippen molar-refractivity contribution in [2.75, 3.05) is 7.05 Å². The summed E-state index contributed by atoms with van der Waals surface area (Å²) in [6, 6.07) is 8.69. The zero-order valence-electron chi connectivity index (χ0n) is 11.0. The summed E-state index contributed by atoms with van der Waals surface area (Å²) in [4.78, 5) is 0. The van der Waals surface area contributed by atoms with Gasteiger partial charge < -0.3 is 5.32 Å². The summed E-state index contributed by atoms with van der Waals surface area (Å²) in [6.45, 7) is 1.73. The van der Waals surface area contributed by atoms with E-state index in [9.17, 15) is 4.39 Å². The summed E-state index contributed by atoms with van der Waals surface area (Å²) >= 11 is 14.5. The molecule has 0 bridgehead atoms. The zero-order chi connectivity index (χ0) is 14.9. The van der Waals surface area contributed by atoms with Crippen molar-refractivity contribution in [2.45, 2.75) is 13.0 Å². The summed E-state index contributed by atoms with van der Waals surface area (Å²) in [7, 11) is 1.84. The van der Waals surface area contributed by atoms with Crippen molar-refractivity contribution in [2.24, 2.45) is 0 Å². The molecule has 2 aromatic carbocycles. The van der Waals surface area contributed by atoms with Crippen molar-refractivity contribution in [3.63, 3.8) is 0 Å². The fraction of sp³-hybridized carbons (Fsp3) is 0.200. The normalized spacial score (nSPS) is 12.5. The van der Waals surface area contributed by atoms with Gasteiger partial charge in [0.2, 0.25) is 0 Å². The van der Waals surface area contributed by atoms with Crippen molar-refractivity contribution in [3.8, 4) is 0 Å². The lowest BCUT2D eigenvalue weighted by atomic mass is 9.97. The molecule has 2 rings (SSSR count). The summed E-state index contributed by atoms with van der Waals surface area (Å²) in [6.07, 6.45) is 0. The Morgan fingerprint density at radius 2 is 1.85 bits per heavy atom. The first-order chi connectivity index (χ1) is 9.43. The fourth-order valence-corrected chi connectivity index (χ4v) is 3.20. The van der Waals surface area contributed by atoms with E-state index in [-0.39, 0.29) is 11.9 Å². The van der Waals surface area contributed by atoms with Gasteiger partial charge in [0, 0.05) is 13.6 Å². The molecular formula is C15H13Cl2FIN. The molecular weight excluding hydrogens is 411 g/mol. The van der Waals surface area contributed by atoms with Crippen molar-refractivity contribution in [1.29, 1.82) is 0 Å². The summed E-state index contributed by atoms with van der Waals surface area (Å²) < 4.78 is 14.6.